The first-order chi connectivity index (χ1) is 7.13. The molecule has 0 saturated heterocycles. The zero-order valence-electron chi connectivity index (χ0n) is 8.58. The number of amides is 1. The first-order valence-electron chi connectivity index (χ1n) is 4.66. The average molecular weight is 203 g/mol. The van der Waals surface area contributed by atoms with Crippen LogP contribution < -0.4 is 11.1 Å². The van der Waals surface area contributed by atoms with E-state index in [1.165, 1.54) is 0 Å². The molecule has 4 nitrogen and oxygen atoms in total. The van der Waals surface area contributed by atoms with E-state index in [9.17, 15) is 4.79 Å². The number of nitriles is 1. The van der Waals surface area contributed by atoms with Gasteiger partial charge in [0.2, 0.25) is 5.91 Å². The van der Waals surface area contributed by atoms with Gasteiger partial charge in [0, 0.05) is 13.0 Å². The Bertz CT molecular complexity index is 407. The Balaban J connectivity index is 2.71. The molecule has 0 aliphatic carbocycles. The van der Waals surface area contributed by atoms with Crippen molar-refractivity contribution in [3.8, 4) is 6.07 Å². The number of hydrogen-bond acceptors (Lipinski definition) is 3. The normalized spacial score (nSPS) is 9.33. The summed E-state index contributed by atoms with van der Waals surface area (Å²) in [5, 5.41) is 11.8. The zero-order valence-corrected chi connectivity index (χ0v) is 8.58. The first-order valence-corrected chi connectivity index (χ1v) is 4.66. The Morgan fingerprint density at radius 3 is 2.93 bits per heavy atom. The van der Waals surface area contributed by atoms with Crippen LogP contribution in [0, 0.1) is 18.3 Å². The van der Waals surface area contributed by atoms with Crippen LogP contribution in [0.3, 0.4) is 0 Å². The van der Waals surface area contributed by atoms with E-state index in [0.717, 1.165) is 11.3 Å². The largest absolute Gasteiger partial charge is 0.383 e. The van der Waals surface area contributed by atoms with Gasteiger partial charge in [0.1, 0.15) is 6.07 Å². The quantitative estimate of drug-likeness (QED) is 0.770. The second-order valence-corrected chi connectivity index (χ2v) is 3.30. The van der Waals surface area contributed by atoms with E-state index >= 15 is 0 Å². The molecule has 78 valence electrons. The van der Waals surface area contributed by atoms with E-state index in [1.54, 1.807) is 6.07 Å². The van der Waals surface area contributed by atoms with Crippen LogP contribution in [0.15, 0.2) is 18.2 Å². The lowest BCUT2D eigenvalue weighted by Crippen LogP contribution is -2.16. The summed E-state index contributed by atoms with van der Waals surface area (Å²) in [6, 6.07) is 7.58. The van der Waals surface area contributed by atoms with Gasteiger partial charge in [0.25, 0.3) is 0 Å². The summed E-state index contributed by atoms with van der Waals surface area (Å²) < 4.78 is 0. The van der Waals surface area contributed by atoms with Crippen LogP contribution in [-0.2, 0) is 4.79 Å². The predicted octanol–water partition coefficient (Wildman–Crippen LogP) is 1.15. The molecule has 0 atom stereocenters. The molecule has 0 heterocycles. The second-order valence-electron chi connectivity index (χ2n) is 3.30. The highest BCUT2D eigenvalue weighted by Crippen LogP contribution is 2.16. The Morgan fingerprint density at radius 2 is 2.33 bits per heavy atom. The molecule has 3 N–H and O–H groups in total. The molecular weight excluding hydrogens is 190 g/mol. The summed E-state index contributed by atoms with van der Waals surface area (Å²) in [6.07, 6.45) is 0.263. The van der Waals surface area contributed by atoms with Gasteiger partial charge < -0.3 is 11.1 Å². The number of aryl methyl sites for hydroxylation is 1. The van der Waals surface area contributed by atoms with Gasteiger partial charge in [-0.25, -0.2) is 0 Å². The van der Waals surface area contributed by atoms with Gasteiger partial charge in [-0.15, -0.1) is 0 Å². The van der Waals surface area contributed by atoms with Gasteiger partial charge in [-0.05, 0) is 24.6 Å². The molecular formula is C11H13N3O. The number of rotatable bonds is 4. The van der Waals surface area contributed by atoms with Crippen molar-refractivity contribution in [2.75, 3.05) is 11.9 Å². The van der Waals surface area contributed by atoms with Crippen molar-refractivity contribution >= 4 is 11.6 Å². The van der Waals surface area contributed by atoms with Crippen molar-refractivity contribution in [2.24, 2.45) is 5.73 Å². The molecule has 1 aromatic carbocycles. The number of carbonyl (C=O) groups excluding carboxylic acids is 1. The summed E-state index contributed by atoms with van der Waals surface area (Å²) in [5.74, 6) is -0.353. The van der Waals surface area contributed by atoms with Gasteiger partial charge in [0.15, 0.2) is 0 Å². The fraction of sp³-hybridized carbons (Fsp3) is 0.273. The number of primary amides is 1. The summed E-state index contributed by atoms with van der Waals surface area (Å²) in [4.78, 5) is 10.5. The third kappa shape index (κ3) is 3.31. The second kappa shape index (κ2) is 5.01. The van der Waals surface area contributed by atoms with E-state index < -0.39 is 0 Å². The van der Waals surface area contributed by atoms with Gasteiger partial charge in [-0.1, -0.05) is 6.07 Å². The predicted molar refractivity (Wildman–Crippen MR) is 58.2 cm³/mol. The maximum absolute atomic E-state index is 10.5. The van der Waals surface area contributed by atoms with Crippen molar-refractivity contribution < 1.29 is 4.79 Å². The van der Waals surface area contributed by atoms with Crippen LogP contribution in [0.1, 0.15) is 17.5 Å². The SMILES string of the molecule is Cc1ccc(C#N)c(NCCC(N)=O)c1. The topological polar surface area (TPSA) is 78.9 Å². The van der Waals surface area contributed by atoms with Crippen molar-refractivity contribution in [1.29, 1.82) is 5.26 Å². The highest BCUT2D eigenvalue weighted by atomic mass is 16.1. The lowest BCUT2D eigenvalue weighted by atomic mass is 10.1. The molecule has 1 rings (SSSR count). The van der Waals surface area contributed by atoms with Crippen molar-refractivity contribution in [1.82, 2.24) is 0 Å². The number of benzene rings is 1. The van der Waals surface area contributed by atoms with Crippen LogP contribution in [0.4, 0.5) is 5.69 Å². The van der Waals surface area contributed by atoms with Gasteiger partial charge in [-0.3, -0.25) is 4.79 Å². The number of hydrogen-bond donors (Lipinski definition) is 2. The minimum atomic E-state index is -0.353. The van der Waals surface area contributed by atoms with Crippen molar-refractivity contribution in [3.63, 3.8) is 0 Å². The standard InChI is InChI=1S/C11H13N3O/c1-8-2-3-9(7-12)10(6-8)14-5-4-11(13)15/h2-3,6,14H,4-5H2,1H3,(H2,13,15). The summed E-state index contributed by atoms with van der Waals surface area (Å²) >= 11 is 0. The van der Waals surface area contributed by atoms with Crippen molar-refractivity contribution in [2.45, 2.75) is 13.3 Å². The fourth-order valence-corrected chi connectivity index (χ4v) is 1.22. The van der Waals surface area contributed by atoms with Crippen LogP contribution in [0.2, 0.25) is 0 Å². The molecule has 4 heteroatoms. The fourth-order valence-electron chi connectivity index (χ4n) is 1.22. The molecule has 0 aromatic heterocycles. The van der Waals surface area contributed by atoms with Crippen LogP contribution >= 0.6 is 0 Å². The summed E-state index contributed by atoms with van der Waals surface area (Å²) in [6.45, 7) is 2.40. The van der Waals surface area contributed by atoms with Gasteiger partial charge >= 0.3 is 0 Å². The van der Waals surface area contributed by atoms with Gasteiger partial charge in [0.05, 0.1) is 11.3 Å². The molecule has 0 radical (unpaired) electrons. The number of nitrogens with one attached hydrogen (secondary N) is 1. The molecule has 15 heavy (non-hydrogen) atoms. The van der Waals surface area contributed by atoms with E-state index in [4.69, 9.17) is 11.0 Å². The molecule has 1 amide bonds. The van der Waals surface area contributed by atoms with E-state index in [-0.39, 0.29) is 12.3 Å². The average Bonchev–Trinajstić information content (AvgIpc) is 2.17. The number of nitrogens with zero attached hydrogens (tertiary/aromatic N) is 1. The van der Waals surface area contributed by atoms with Crippen LogP contribution in [0.5, 0.6) is 0 Å². The maximum atomic E-state index is 10.5. The molecule has 0 bridgehead atoms. The first kappa shape index (κ1) is 11.1. The maximum Gasteiger partial charge on any atom is 0.219 e. The molecule has 0 spiro atoms. The highest BCUT2D eigenvalue weighted by molar-refractivity contribution is 5.74. The molecule has 0 saturated carbocycles. The minimum absolute atomic E-state index is 0.263. The van der Waals surface area contributed by atoms with E-state index in [0.29, 0.717) is 12.1 Å². The zero-order chi connectivity index (χ0) is 11.3. The third-order valence-corrected chi connectivity index (χ3v) is 1.98. The van der Waals surface area contributed by atoms with E-state index in [2.05, 4.69) is 11.4 Å². The highest BCUT2D eigenvalue weighted by Gasteiger charge is 2.01. The molecule has 0 aliphatic rings. The molecule has 0 fully saturated rings. The lowest BCUT2D eigenvalue weighted by Gasteiger charge is -2.07. The molecule has 0 aliphatic heterocycles. The Morgan fingerprint density at radius 1 is 1.60 bits per heavy atom. The Labute approximate surface area is 88.7 Å². The number of nitrogens with two attached hydrogens (primary N) is 1. The third-order valence-electron chi connectivity index (χ3n) is 1.98. The monoisotopic (exact) mass is 203 g/mol. The van der Waals surface area contributed by atoms with Crippen LogP contribution in [0.25, 0.3) is 0 Å². The minimum Gasteiger partial charge on any atom is -0.383 e. The van der Waals surface area contributed by atoms with Crippen LogP contribution in [-0.4, -0.2) is 12.5 Å². The lowest BCUT2D eigenvalue weighted by molar-refractivity contribution is -0.117. The van der Waals surface area contributed by atoms with Gasteiger partial charge in [-0.2, -0.15) is 5.26 Å². The summed E-state index contributed by atoms with van der Waals surface area (Å²) in [5.41, 5.74) is 7.40. The smallest absolute Gasteiger partial charge is 0.219 e. The summed E-state index contributed by atoms with van der Waals surface area (Å²) in [7, 11) is 0. The Hall–Kier alpha value is -2.02. The number of anilines is 1. The number of carbonyl (C=O) groups is 1. The van der Waals surface area contributed by atoms with E-state index in [1.807, 2.05) is 19.1 Å². The molecule has 0 unspecified atom stereocenters. The Kier molecular flexibility index (Phi) is 3.69. The van der Waals surface area contributed by atoms with Crippen molar-refractivity contribution in [3.05, 3.63) is 29.3 Å². The molecule has 1 aromatic rings.